The van der Waals surface area contributed by atoms with Gasteiger partial charge in [0.05, 0.1) is 11.3 Å². The Labute approximate surface area is 114 Å². The Morgan fingerprint density at radius 1 is 1.05 bits per heavy atom. The number of nitrogens with two attached hydrogens (primary N) is 1. The molecule has 0 saturated heterocycles. The van der Waals surface area contributed by atoms with Crippen molar-refractivity contribution in [2.45, 2.75) is 0 Å². The average Bonchev–Trinajstić information content (AvgIpc) is 2.41. The van der Waals surface area contributed by atoms with Crippen molar-refractivity contribution in [3.05, 3.63) is 59.9 Å². The largest absolute Gasteiger partial charge is 0.417 e. The van der Waals surface area contributed by atoms with Gasteiger partial charge in [0.1, 0.15) is 11.6 Å². The molecule has 20 heavy (non-hydrogen) atoms. The maximum Gasteiger partial charge on any atom is 0.417 e. The zero-order valence-corrected chi connectivity index (χ0v) is 10.3. The molecule has 5 nitrogen and oxygen atoms in total. The van der Waals surface area contributed by atoms with Crippen molar-refractivity contribution in [2.75, 3.05) is 5.32 Å². The van der Waals surface area contributed by atoms with E-state index in [2.05, 4.69) is 5.32 Å². The third kappa shape index (κ3) is 3.11. The van der Waals surface area contributed by atoms with Crippen molar-refractivity contribution in [3.8, 4) is 5.75 Å². The summed E-state index contributed by atoms with van der Waals surface area (Å²) < 4.78 is 18.3. The zero-order valence-electron chi connectivity index (χ0n) is 10.3. The SMILES string of the molecule is NC(=O)c1ccccc1OC(=O)Nc1ccccc1F. The molecule has 0 aliphatic heterocycles. The predicted octanol–water partition coefficient (Wildman–Crippen LogP) is 2.54. The van der Waals surface area contributed by atoms with Crippen LogP contribution in [0.3, 0.4) is 0 Å². The van der Waals surface area contributed by atoms with Crippen LogP contribution < -0.4 is 15.8 Å². The second-order valence-corrected chi connectivity index (χ2v) is 3.85. The molecule has 2 amide bonds. The third-order valence-electron chi connectivity index (χ3n) is 2.47. The summed E-state index contributed by atoms with van der Waals surface area (Å²) in [5, 5.41) is 2.24. The summed E-state index contributed by atoms with van der Waals surface area (Å²) in [7, 11) is 0. The first-order chi connectivity index (χ1) is 9.58. The summed E-state index contributed by atoms with van der Waals surface area (Å²) >= 11 is 0. The van der Waals surface area contributed by atoms with Crippen LogP contribution in [0.5, 0.6) is 5.75 Å². The van der Waals surface area contributed by atoms with Crippen molar-refractivity contribution in [1.82, 2.24) is 0 Å². The molecule has 0 radical (unpaired) electrons. The lowest BCUT2D eigenvalue weighted by atomic mass is 10.2. The van der Waals surface area contributed by atoms with Crippen molar-refractivity contribution in [3.63, 3.8) is 0 Å². The van der Waals surface area contributed by atoms with Gasteiger partial charge in [0.25, 0.3) is 5.91 Å². The zero-order chi connectivity index (χ0) is 14.5. The molecule has 0 atom stereocenters. The minimum absolute atomic E-state index is 0.00818. The highest BCUT2D eigenvalue weighted by Gasteiger charge is 2.13. The minimum atomic E-state index is -0.913. The molecule has 2 aromatic carbocycles. The number of carbonyl (C=O) groups is 2. The van der Waals surface area contributed by atoms with E-state index in [-0.39, 0.29) is 17.0 Å². The number of amides is 2. The number of hydrogen-bond acceptors (Lipinski definition) is 3. The number of halogens is 1. The molecule has 6 heteroatoms. The molecule has 0 bridgehead atoms. The molecule has 0 aromatic heterocycles. The third-order valence-corrected chi connectivity index (χ3v) is 2.47. The maximum atomic E-state index is 13.4. The van der Waals surface area contributed by atoms with Crippen LogP contribution >= 0.6 is 0 Å². The quantitative estimate of drug-likeness (QED) is 0.902. The van der Waals surface area contributed by atoms with Gasteiger partial charge in [-0.05, 0) is 24.3 Å². The predicted molar refractivity (Wildman–Crippen MR) is 71.0 cm³/mol. The Morgan fingerprint density at radius 3 is 2.40 bits per heavy atom. The van der Waals surface area contributed by atoms with Crippen molar-refractivity contribution in [2.24, 2.45) is 5.73 Å². The highest BCUT2D eigenvalue weighted by Crippen LogP contribution is 2.19. The number of ether oxygens (including phenoxy) is 1. The fourth-order valence-corrected chi connectivity index (χ4v) is 1.56. The number of anilines is 1. The van der Waals surface area contributed by atoms with Gasteiger partial charge >= 0.3 is 6.09 Å². The Balaban J connectivity index is 2.13. The van der Waals surface area contributed by atoms with E-state index in [0.717, 1.165) is 0 Å². The number of nitrogens with one attached hydrogen (secondary N) is 1. The highest BCUT2D eigenvalue weighted by molar-refractivity contribution is 5.97. The second-order valence-electron chi connectivity index (χ2n) is 3.85. The molecule has 0 saturated carbocycles. The molecule has 0 unspecified atom stereocenters. The summed E-state index contributed by atoms with van der Waals surface area (Å²) in [6, 6.07) is 11.7. The normalized spacial score (nSPS) is 9.85. The molecule has 0 heterocycles. The fourth-order valence-electron chi connectivity index (χ4n) is 1.56. The standard InChI is InChI=1S/C14H11FN2O3/c15-10-6-2-3-7-11(10)17-14(19)20-12-8-4-1-5-9(12)13(16)18/h1-8H,(H2,16,18)(H,17,19). The summed E-state index contributed by atoms with van der Waals surface area (Å²) in [4.78, 5) is 22.8. The van der Waals surface area contributed by atoms with Crippen LogP contribution in [0, 0.1) is 5.82 Å². The summed E-state index contributed by atoms with van der Waals surface area (Å²) in [5.41, 5.74) is 5.20. The Kier molecular flexibility index (Phi) is 3.95. The molecule has 2 aromatic rings. The van der Waals surface area contributed by atoms with Crippen LogP contribution in [0.15, 0.2) is 48.5 Å². The van der Waals surface area contributed by atoms with Crippen LogP contribution in [0.4, 0.5) is 14.9 Å². The number of hydrogen-bond donors (Lipinski definition) is 2. The van der Waals surface area contributed by atoms with E-state index >= 15 is 0 Å². The van der Waals surface area contributed by atoms with Gasteiger partial charge in [-0.15, -0.1) is 0 Å². The van der Waals surface area contributed by atoms with Crippen molar-refractivity contribution < 1.29 is 18.7 Å². The van der Waals surface area contributed by atoms with E-state index in [1.807, 2.05) is 0 Å². The molecule has 3 N–H and O–H groups in total. The van der Waals surface area contributed by atoms with Gasteiger partial charge in [-0.1, -0.05) is 24.3 Å². The van der Waals surface area contributed by atoms with E-state index < -0.39 is 17.8 Å². The second kappa shape index (κ2) is 5.83. The average molecular weight is 274 g/mol. The Hall–Kier alpha value is -2.89. The van der Waals surface area contributed by atoms with Crippen LogP contribution in [0.25, 0.3) is 0 Å². The van der Waals surface area contributed by atoms with E-state index in [1.165, 1.54) is 30.3 Å². The topological polar surface area (TPSA) is 81.4 Å². The smallest absolute Gasteiger partial charge is 0.409 e. The van der Waals surface area contributed by atoms with Crippen molar-refractivity contribution in [1.29, 1.82) is 0 Å². The van der Waals surface area contributed by atoms with E-state index in [4.69, 9.17) is 10.5 Å². The molecule has 0 spiro atoms. The van der Waals surface area contributed by atoms with Gasteiger partial charge < -0.3 is 10.5 Å². The van der Waals surface area contributed by atoms with Gasteiger partial charge in [0.15, 0.2) is 0 Å². The number of rotatable bonds is 3. The van der Waals surface area contributed by atoms with Gasteiger partial charge in [-0.25, -0.2) is 9.18 Å². The van der Waals surface area contributed by atoms with Crippen LogP contribution in [0.2, 0.25) is 0 Å². The van der Waals surface area contributed by atoms with Gasteiger partial charge in [-0.2, -0.15) is 0 Å². The van der Waals surface area contributed by atoms with Gasteiger partial charge in [0, 0.05) is 0 Å². The lowest BCUT2D eigenvalue weighted by molar-refractivity contribution is 0.0998. The Morgan fingerprint density at radius 2 is 1.70 bits per heavy atom. The number of benzene rings is 2. The van der Waals surface area contributed by atoms with Crippen LogP contribution in [-0.4, -0.2) is 12.0 Å². The minimum Gasteiger partial charge on any atom is -0.409 e. The van der Waals surface area contributed by atoms with Crippen LogP contribution in [0.1, 0.15) is 10.4 Å². The fraction of sp³-hybridized carbons (Fsp3) is 0. The number of carbonyl (C=O) groups excluding carboxylic acids is 2. The first-order valence-corrected chi connectivity index (χ1v) is 5.70. The lowest BCUT2D eigenvalue weighted by Gasteiger charge is -2.09. The number of para-hydroxylation sites is 2. The van der Waals surface area contributed by atoms with Gasteiger partial charge in [-0.3, -0.25) is 10.1 Å². The van der Waals surface area contributed by atoms with Crippen LogP contribution in [-0.2, 0) is 0 Å². The molecule has 2 rings (SSSR count). The molecule has 0 aliphatic carbocycles. The Bertz CT molecular complexity index is 658. The molecular formula is C14H11FN2O3. The van der Waals surface area contributed by atoms with Crippen molar-refractivity contribution >= 4 is 17.7 Å². The number of primary amides is 1. The molecule has 0 fully saturated rings. The van der Waals surface area contributed by atoms with E-state index in [0.29, 0.717) is 0 Å². The monoisotopic (exact) mass is 274 g/mol. The van der Waals surface area contributed by atoms with Gasteiger partial charge in [0.2, 0.25) is 0 Å². The molecular weight excluding hydrogens is 263 g/mol. The van der Waals surface area contributed by atoms with E-state index in [9.17, 15) is 14.0 Å². The lowest BCUT2D eigenvalue weighted by Crippen LogP contribution is -2.20. The van der Waals surface area contributed by atoms with E-state index in [1.54, 1.807) is 18.2 Å². The first-order valence-electron chi connectivity index (χ1n) is 5.70. The molecule has 102 valence electrons. The summed E-state index contributed by atoms with van der Waals surface area (Å²) in [5.74, 6) is -1.30. The molecule has 0 aliphatic rings. The summed E-state index contributed by atoms with van der Waals surface area (Å²) in [6.07, 6.45) is -0.913. The summed E-state index contributed by atoms with van der Waals surface area (Å²) in [6.45, 7) is 0. The maximum absolute atomic E-state index is 13.4. The first kappa shape index (κ1) is 13.5. The highest BCUT2D eigenvalue weighted by atomic mass is 19.1.